The van der Waals surface area contributed by atoms with Gasteiger partial charge in [-0.25, -0.2) is 8.42 Å². The van der Waals surface area contributed by atoms with Gasteiger partial charge in [0.2, 0.25) is 0 Å². The maximum Gasteiger partial charge on any atom is 0.175 e. The minimum absolute atomic E-state index is 0.251. The van der Waals surface area contributed by atoms with Gasteiger partial charge in [-0.15, -0.1) is 0 Å². The number of ether oxygens (including phenoxy) is 1. The Hall–Kier alpha value is -2.79. The molecule has 3 aromatic carbocycles. The molecule has 0 aliphatic carbocycles. The highest BCUT2D eigenvalue weighted by atomic mass is 32.2. The summed E-state index contributed by atoms with van der Waals surface area (Å²) in [6, 6.07) is 24.8. The Labute approximate surface area is 160 Å². The molecule has 0 bridgehead atoms. The highest BCUT2D eigenvalue weighted by molar-refractivity contribution is 7.90. The van der Waals surface area contributed by atoms with E-state index in [4.69, 9.17) is 4.74 Å². The predicted octanol–water partition coefficient (Wildman–Crippen LogP) is 5.45. The molecule has 27 heavy (non-hydrogen) atoms. The third-order valence-electron chi connectivity index (χ3n) is 4.29. The van der Waals surface area contributed by atoms with E-state index < -0.39 is 9.84 Å². The Morgan fingerprint density at radius 2 is 1.41 bits per heavy atom. The fourth-order valence-electron chi connectivity index (χ4n) is 2.82. The van der Waals surface area contributed by atoms with E-state index >= 15 is 0 Å². The second-order valence-corrected chi connectivity index (χ2v) is 8.40. The van der Waals surface area contributed by atoms with E-state index in [0.29, 0.717) is 11.5 Å². The molecule has 1 atom stereocenters. The number of benzene rings is 3. The summed E-state index contributed by atoms with van der Waals surface area (Å²) in [5, 5.41) is 3.54. The van der Waals surface area contributed by atoms with Gasteiger partial charge in [0.15, 0.2) is 9.84 Å². The van der Waals surface area contributed by atoms with Crippen molar-refractivity contribution in [3.05, 3.63) is 84.4 Å². The lowest BCUT2D eigenvalue weighted by atomic mass is 10.0. The van der Waals surface area contributed by atoms with Crippen molar-refractivity contribution in [2.24, 2.45) is 0 Å². The monoisotopic (exact) mass is 381 g/mol. The molecule has 3 aromatic rings. The number of sulfone groups is 1. The highest BCUT2D eigenvalue weighted by Crippen LogP contribution is 2.27. The summed E-state index contributed by atoms with van der Waals surface area (Å²) in [6.45, 7) is 2.16. The van der Waals surface area contributed by atoms with Crippen molar-refractivity contribution in [3.8, 4) is 11.5 Å². The molecule has 0 aliphatic rings. The summed E-state index contributed by atoms with van der Waals surface area (Å²) in [7, 11) is -3.20. The summed E-state index contributed by atoms with van der Waals surface area (Å²) in [6.07, 6.45) is 2.17. The average molecular weight is 381 g/mol. The normalized spacial score (nSPS) is 12.4. The molecule has 0 spiro atoms. The van der Waals surface area contributed by atoms with Gasteiger partial charge in [0.05, 0.1) is 10.9 Å². The lowest BCUT2D eigenvalue weighted by molar-refractivity contribution is 0.482. The van der Waals surface area contributed by atoms with E-state index in [2.05, 4.69) is 24.4 Å². The number of hydrogen-bond acceptors (Lipinski definition) is 4. The molecule has 0 aliphatic heterocycles. The van der Waals surface area contributed by atoms with Crippen LogP contribution < -0.4 is 10.1 Å². The highest BCUT2D eigenvalue weighted by Gasteiger charge is 2.09. The van der Waals surface area contributed by atoms with Gasteiger partial charge in [0.25, 0.3) is 0 Å². The lowest BCUT2D eigenvalue weighted by Gasteiger charge is -2.19. The van der Waals surface area contributed by atoms with E-state index in [9.17, 15) is 8.42 Å². The van der Waals surface area contributed by atoms with Crippen molar-refractivity contribution < 1.29 is 13.2 Å². The van der Waals surface area contributed by atoms with Gasteiger partial charge >= 0.3 is 0 Å². The zero-order valence-electron chi connectivity index (χ0n) is 15.4. The second-order valence-electron chi connectivity index (χ2n) is 6.39. The predicted molar refractivity (Wildman–Crippen MR) is 109 cm³/mol. The van der Waals surface area contributed by atoms with Crippen LogP contribution in [0.5, 0.6) is 11.5 Å². The topological polar surface area (TPSA) is 55.4 Å². The largest absolute Gasteiger partial charge is 0.457 e. The van der Waals surface area contributed by atoms with Crippen molar-refractivity contribution in [2.45, 2.75) is 24.3 Å². The summed E-state index contributed by atoms with van der Waals surface area (Å²) >= 11 is 0. The van der Waals surface area contributed by atoms with Crippen molar-refractivity contribution in [1.29, 1.82) is 0 Å². The summed E-state index contributed by atoms with van der Waals surface area (Å²) in [5.74, 6) is 1.29. The first kappa shape index (κ1) is 19.0. The average Bonchev–Trinajstić information content (AvgIpc) is 2.68. The van der Waals surface area contributed by atoms with Gasteiger partial charge < -0.3 is 10.1 Å². The minimum atomic E-state index is -3.20. The molecule has 5 heteroatoms. The van der Waals surface area contributed by atoms with Crippen molar-refractivity contribution in [2.75, 3.05) is 11.6 Å². The number of rotatable bonds is 7. The molecular weight excluding hydrogens is 358 g/mol. The van der Waals surface area contributed by atoms with E-state index in [1.54, 1.807) is 24.3 Å². The molecule has 0 amide bonds. The van der Waals surface area contributed by atoms with Crippen LogP contribution in [0.4, 0.5) is 5.69 Å². The van der Waals surface area contributed by atoms with Gasteiger partial charge in [-0.05, 0) is 60.5 Å². The molecule has 0 heterocycles. The van der Waals surface area contributed by atoms with Crippen molar-refractivity contribution in [3.63, 3.8) is 0 Å². The number of anilines is 1. The third kappa shape index (κ3) is 5.11. The molecule has 3 rings (SSSR count). The van der Waals surface area contributed by atoms with Crippen LogP contribution in [0.3, 0.4) is 0 Å². The summed E-state index contributed by atoms with van der Waals surface area (Å²) in [4.78, 5) is 0.279. The van der Waals surface area contributed by atoms with Gasteiger partial charge in [-0.1, -0.05) is 37.3 Å². The Morgan fingerprint density at radius 1 is 0.852 bits per heavy atom. The van der Waals surface area contributed by atoms with Crippen LogP contribution in [0.25, 0.3) is 0 Å². The zero-order chi connectivity index (χ0) is 19.3. The van der Waals surface area contributed by atoms with Gasteiger partial charge in [-0.2, -0.15) is 0 Å². The fraction of sp³-hybridized carbons (Fsp3) is 0.182. The summed E-state index contributed by atoms with van der Waals surface area (Å²) in [5.41, 5.74) is 2.27. The van der Waals surface area contributed by atoms with E-state index in [1.807, 2.05) is 42.5 Å². The molecule has 1 unspecified atom stereocenters. The quantitative estimate of drug-likeness (QED) is 0.592. The first-order chi connectivity index (χ1) is 13.0. The molecule has 0 aromatic heterocycles. The van der Waals surface area contributed by atoms with Crippen LogP contribution in [-0.2, 0) is 9.84 Å². The van der Waals surface area contributed by atoms with Crippen LogP contribution in [0.1, 0.15) is 24.9 Å². The molecular formula is C22H23NO3S. The van der Waals surface area contributed by atoms with Crippen LogP contribution in [0.15, 0.2) is 83.8 Å². The number of nitrogens with one attached hydrogen (secondary N) is 1. The first-order valence-electron chi connectivity index (χ1n) is 8.85. The van der Waals surface area contributed by atoms with Crippen LogP contribution >= 0.6 is 0 Å². The van der Waals surface area contributed by atoms with Crippen molar-refractivity contribution in [1.82, 2.24) is 0 Å². The molecule has 0 saturated heterocycles. The lowest BCUT2D eigenvalue weighted by Crippen LogP contribution is -2.09. The maximum atomic E-state index is 11.5. The Balaban J connectivity index is 1.66. The van der Waals surface area contributed by atoms with Crippen LogP contribution in [0.2, 0.25) is 0 Å². The summed E-state index contributed by atoms with van der Waals surface area (Å²) < 4.78 is 28.8. The van der Waals surface area contributed by atoms with Crippen LogP contribution in [-0.4, -0.2) is 14.7 Å². The molecule has 0 radical (unpaired) electrons. The van der Waals surface area contributed by atoms with E-state index in [0.717, 1.165) is 12.1 Å². The molecule has 0 fully saturated rings. The number of hydrogen-bond donors (Lipinski definition) is 1. The van der Waals surface area contributed by atoms with Gasteiger partial charge in [0, 0.05) is 11.9 Å². The minimum Gasteiger partial charge on any atom is -0.457 e. The second kappa shape index (κ2) is 8.27. The zero-order valence-corrected chi connectivity index (χ0v) is 16.2. The molecule has 1 N–H and O–H groups in total. The standard InChI is InChI=1S/C22H23NO3S/c1-3-22(17-7-5-4-6-8-17)23-18-9-11-19(12-10-18)26-20-13-15-21(16-14-20)27(2,24)25/h4-16,22-23H,3H2,1-2H3. The molecule has 4 nitrogen and oxygen atoms in total. The Morgan fingerprint density at radius 3 is 1.93 bits per heavy atom. The van der Waals surface area contributed by atoms with Crippen LogP contribution in [0, 0.1) is 0 Å². The fourth-order valence-corrected chi connectivity index (χ4v) is 3.45. The van der Waals surface area contributed by atoms with Gasteiger partial charge in [0.1, 0.15) is 11.5 Å². The van der Waals surface area contributed by atoms with E-state index in [1.165, 1.54) is 11.8 Å². The van der Waals surface area contributed by atoms with E-state index in [-0.39, 0.29) is 10.9 Å². The third-order valence-corrected chi connectivity index (χ3v) is 5.42. The maximum absolute atomic E-state index is 11.5. The van der Waals surface area contributed by atoms with Crippen molar-refractivity contribution >= 4 is 15.5 Å². The Bertz CT molecular complexity index is 966. The van der Waals surface area contributed by atoms with Gasteiger partial charge in [-0.3, -0.25) is 0 Å². The SMILES string of the molecule is CCC(Nc1ccc(Oc2ccc(S(C)(=O)=O)cc2)cc1)c1ccccc1. The molecule has 140 valence electrons. The first-order valence-corrected chi connectivity index (χ1v) is 10.7. The molecule has 0 saturated carbocycles. The Kier molecular flexibility index (Phi) is 5.81. The smallest absolute Gasteiger partial charge is 0.175 e.